The van der Waals surface area contributed by atoms with Gasteiger partial charge in [-0.3, -0.25) is 4.79 Å². The van der Waals surface area contributed by atoms with E-state index in [-0.39, 0.29) is 5.78 Å². The van der Waals surface area contributed by atoms with Crippen molar-refractivity contribution in [3.63, 3.8) is 0 Å². The zero-order valence-corrected chi connectivity index (χ0v) is 10.3. The Labute approximate surface area is 105 Å². The Morgan fingerprint density at radius 3 is 2.41 bits per heavy atom. The van der Waals surface area contributed by atoms with E-state index in [0.29, 0.717) is 22.1 Å². The molecular formula is C13H13ClO3. The fourth-order valence-electron chi connectivity index (χ4n) is 2.50. The van der Waals surface area contributed by atoms with Gasteiger partial charge in [0.1, 0.15) is 0 Å². The second-order valence-electron chi connectivity index (χ2n) is 4.66. The van der Waals surface area contributed by atoms with E-state index in [1.807, 2.05) is 0 Å². The number of carbonyl (C=O) groups is 1. The number of hydrogen-bond donors (Lipinski definition) is 0. The van der Waals surface area contributed by atoms with Gasteiger partial charge in [-0.1, -0.05) is 11.6 Å². The highest BCUT2D eigenvalue weighted by atomic mass is 35.5. The van der Waals surface area contributed by atoms with Crippen LogP contribution in [-0.2, 0) is 0 Å². The Hall–Kier alpha value is -1.22. The lowest BCUT2D eigenvalue weighted by Gasteiger charge is -2.21. The molecule has 17 heavy (non-hydrogen) atoms. The molecule has 0 radical (unpaired) electrons. The summed E-state index contributed by atoms with van der Waals surface area (Å²) < 4.78 is 11.7. The van der Waals surface area contributed by atoms with Crippen molar-refractivity contribution in [3.8, 4) is 11.5 Å². The third-order valence-corrected chi connectivity index (χ3v) is 3.68. The van der Waals surface area contributed by atoms with Gasteiger partial charge in [-0.05, 0) is 25.8 Å². The van der Waals surface area contributed by atoms with Crippen LogP contribution in [0.25, 0.3) is 0 Å². The number of ether oxygens (including phenoxy) is 2. The first kappa shape index (κ1) is 10.9. The number of fused-ring (bicyclic) bond motifs is 1. The van der Waals surface area contributed by atoms with Gasteiger partial charge >= 0.3 is 0 Å². The van der Waals surface area contributed by atoms with Gasteiger partial charge in [0.15, 0.2) is 17.3 Å². The molecule has 0 atom stereocenters. The van der Waals surface area contributed by atoms with Crippen molar-refractivity contribution in [1.82, 2.24) is 0 Å². The fraction of sp³-hybridized carbons (Fsp3) is 0.462. The van der Waals surface area contributed by atoms with E-state index >= 15 is 0 Å². The molecule has 1 heterocycles. The van der Waals surface area contributed by atoms with Crippen molar-refractivity contribution in [2.45, 2.75) is 38.4 Å². The number of halogens is 1. The average molecular weight is 253 g/mol. The van der Waals surface area contributed by atoms with Crippen molar-refractivity contribution in [2.75, 3.05) is 0 Å². The number of Topliss-reactive ketones (excluding diaryl/α,β-unsaturated/α-hetero) is 1. The lowest BCUT2D eigenvalue weighted by Crippen LogP contribution is -2.34. The SMILES string of the molecule is CC(=O)c1cc2c(cc1Cl)OC1(CCCC1)O2. The maximum Gasteiger partial charge on any atom is 0.251 e. The minimum Gasteiger partial charge on any atom is -0.448 e. The highest BCUT2D eigenvalue weighted by Gasteiger charge is 2.44. The van der Waals surface area contributed by atoms with Crippen molar-refractivity contribution in [1.29, 1.82) is 0 Å². The molecule has 0 aromatic heterocycles. The van der Waals surface area contributed by atoms with E-state index < -0.39 is 5.79 Å². The Morgan fingerprint density at radius 1 is 1.24 bits per heavy atom. The summed E-state index contributed by atoms with van der Waals surface area (Å²) in [7, 11) is 0. The summed E-state index contributed by atoms with van der Waals surface area (Å²) in [5.41, 5.74) is 0.490. The van der Waals surface area contributed by atoms with Crippen LogP contribution in [0, 0.1) is 0 Å². The summed E-state index contributed by atoms with van der Waals surface area (Å²) in [6.45, 7) is 1.49. The smallest absolute Gasteiger partial charge is 0.251 e. The quantitative estimate of drug-likeness (QED) is 0.717. The van der Waals surface area contributed by atoms with Gasteiger partial charge in [0.05, 0.1) is 5.02 Å². The topological polar surface area (TPSA) is 35.5 Å². The lowest BCUT2D eigenvalue weighted by molar-refractivity contribution is -0.0716. The van der Waals surface area contributed by atoms with Crippen LogP contribution in [-0.4, -0.2) is 11.6 Å². The van der Waals surface area contributed by atoms with Gasteiger partial charge in [-0.15, -0.1) is 0 Å². The van der Waals surface area contributed by atoms with Gasteiger partial charge < -0.3 is 9.47 Å². The van der Waals surface area contributed by atoms with Crippen LogP contribution in [0.2, 0.25) is 5.02 Å². The van der Waals surface area contributed by atoms with Crippen molar-refractivity contribution < 1.29 is 14.3 Å². The molecule has 3 nitrogen and oxygen atoms in total. The molecule has 1 aromatic carbocycles. The highest BCUT2D eigenvalue weighted by molar-refractivity contribution is 6.34. The standard InChI is InChI=1S/C13H13ClO3/c1-8(15)9-6-11-12(7-10(9)14)17-13(16-11)4-2-3-5-13/h6-7H,2-5H2,1H3. The fourth-order valence-corrected chi connectivity index (χ4v) is 2.79. The van der Waals surface area contributed by atoms with Crippen LogP contribution >= 0.6 is 11.6 Å². The van der Waals surface area contributed by atoms with E-state index in [0.717, 1.165) is 25.7 Å². The van der Waals surface area contributed by atoms with Gasteiger partial charge in [-0.25, -0.2) is 0 Å². The zero-order chi connectivity index (χ0) is 12.0. The van der Waals surface area contributed by atoms with Gasteiger partial charge in [0, 0.05) is 24.5 Å². The number of benzene rings is 1. The minimum atomic E-state index is -0.499. The van der Waals surface area contributed by atoms with Gasteiger partial charge in [0.2, 0.25) is 0 Å². The molecule has 1 aliphatic carbocycles. The molecule has 4 heteroatoms. The van der Waals surface area contributed by atoms with Crippen LogP contribution in [0.5, 0.6) is 11.5 Å². The Morgan fingerprint density at radius 2 is 1.82 bits per heavy atom. The Kier molecular flexibility index (Phi) is 2.33. The predicted octanol–water partition coefficient (Wildman–Crippen LogP) is 3.58. The van der Waals surface area contributed by atoms with Crippen LogP contribution < -0.4 is 9.47 Å². The molecule has 2 aliphatic rings. The predicted molar refractivity (Wildman–Crippen MR) is 63.9 cm³/mol. The molecule has 1 fully saturated rings. The van der Waals surface area contributed by atoms with Crippen molar-refractivity contribution in [2.24, 2.45) is 0 Å². The molecule has 1 aliphatic heterocycles. The molecule has 0 N–H and O–H groups in total. The molecule has 1 spiro atoms. The Balaban J connectivity index is 2.00. The second kappa shape index (κ2) is 3.64. The summed E-state index contributed by atoms with van der Waals surface area (Å²) in [4.78, 5) is 11.4. The summed E-state index contributed by atoms with van der Waals surface area (Å²) in [5, 5.41) is 0.426. The monoisotopic (exact) mass is 252 g/mol. The molecule has 1 aromatic rings. The number of hydrogen-bond acceptors (Lipinski definition) is 3. The molecular weight excluding hydrogens is 240 g/mol. The van der Waals surface area contributed by atoms with Crippen molar-refractivity contribution >= 4 is 17.4 Å². The van der Waals surface area contributed by atoms with E-state index in [4.69, 9.17) is 21.1 Å². The lowest BCUT2D eigenvalue weighted by atomic mass is 10.1. The summed E-state index contributed by atoms with van der Waals surface area (Å²) in [5.74, 6) is 0.735. The van der Waals surface area contributed by atoms with E-state index in [1.165, 1.54) is 6.92 Å². The van der Waals surface area contributed by atoms with E-state index in [1.54, 1.807) is 12.1 Å². The first-order valence-corrected chi connectivity index (χ1v) is 6.20. The summed E-state index contributed by atoms with van der Waals surface area (Å²) >= 11 is 6.04. The first-order chi connectivity index (χ1) is 8.10. The molecule has 0 bridgehead atoms. The van der Waals surface area contributed by atoms with Crippen LogP contribution in [0.1, 0.15) is 43.0 Å². The normalized spacial score (nSPS) is 19.9. The maximum absolute atomic E-state index is 11.4. The largest absolute Gasteiger partial charge is 0.448 e. The van der Waals surface area contributed by atoms with Crippen molar-refractivity contribution in [3.05, 3.63) is 22.7 Å². The van der Waals surface area contributed by atoms with Gasteiger partial charge in [-0.2, -0.15) is 0 Å². The molecule has 3 rings (SSSR count). The number of ketones is 1. The average Bonchev–Trinajstić information content (AvgIpc) is 2.84. The van der Waals surface area contributed by atoms with Crippen LogP contribution in [0.15, 0.2) is 12.1 Å². The molecule has 0 unspecified atom stereocenters. The Bertz CT molecular complexity index is 490. The molecule has 0 saturated heterocycles. The van der Waals surface area contributed by atoms with Gasteiger partial charge in [0.25, 0.3) is 5.79 Å². The van der Waals surface area contributed by atoms with Crippen LogP contribution in [0.4, 0.5) is 0 Å². The minimum absolute atomic E-state index is 0.0613. The molecule has 90 valence electrons. The zero-order valence-electron chi connectivity index (χ0n) is 9.59. The number of carbonyl (C=O) groups excluding carboxylic acids is 1. The first-order valence-electron chi connectivity index (χ1n) is 5.82. The third kappa shape index (κ3) is 1.69. The van der Waals surface area contributed by atoms with Crippen LogP contribution in [0.3, 0.4) is 0 Å². The summed E-state index contributed by atoms with van der Waals surface area (Å²) in [6.07, 6.45) is 4.02. The highest BCUT2D eigenvalue weighted by Crippen LogP contribution is 2.48. The molecule has 0 amide bonds. The van der Waals surface area contributed by atoms with E-state index in [9.17, 15) is 4.79 Å². The third-order valence-electron chi connectivity index (χ3n) is 3.37. The maximum atomic E-state index is 11.4. The molecule has 1 saturated carbocycles. The van der Waals surface area contributed by atoms with E-state index in [2.05, 4.69) is 0 Å². The summed E-state index contributed by atoms with van der Waals surface area (Å²) in [6, 6.07) is 3.37. The second-order valence-corrected chi connectivity index (χ2v) is 5.06. The number of rotatable bonds is 1.